The lowest BCUT2D eigenvalue weighted by atomic mass is 10.0. The minimum atomic E-state index is 0.0629. The fourth-order valence-electron chi connectivity index (χ4n) is 1.87. The Morgan fingerprint density at radius 2 is 2.06 bits per heavy atom. The SMILES string of the molecule is COc1cc(C)c(CCNC(=O)CCS)cc1C. The average Bonchev–Trinajstić information content (AvgIpc) is 2.33. The van der Waals surface area contributed by atoms with Crippen molar-refractivity contribution in [2.24, 2.45) is 0 Å². The Morgan fingerprint density at radius 1 is 1.33 bits per heavy atom. The van der Waals surface area contributed by atoms with Crippen molar-refractivity contribution >= 4 is 18.5 Å². The zero-order valence-electron chi connectivity index (χ0n) is 11.2. The molecule has 4 heteroatoms. The van der Waals surface area contributed by atoms with Crippen molar-refractivity contribution in [2.45, 2.75) is 26.7 Å². The number of nitrogens with one attached hydrogen (secondary N) is 1. The number of hydrogen-bond donors (Lipinski definition) is 2. The molecule has 1 aromatic rings. The highest BCUT2D eigenvalue weighted by molar-refractivity contribution is 7.80. The molecular formula is C14H21NO2S. The van der Waals surface area contributed by atoms with Crippen molar-refractivity contribution in [1.29, 1.82) is 0 Å². The van der Waals surface area contributed by atoms with Gasteiger partial charge in [0.2, 0.25) is 5.91 Å². The number of carbonyl (C=O) groups is 1. The molecule has 3 nitrogen and oxygen atoms in total. The van der Waals surface area contributed by atoms with Gasteiger partial charge in [-0.2, -0.15) is 12.6 Å². The topological polar surface area (TPSA) is 38.3 Å². The number of hydrogen-bond acceptors (Lipinski definition) is 3. The predicted molar refractivity (Wildman–Crippen MR) is 77.7 cm³/mol. The van der Waals surface area contributed by atoms with Crippen LogP contribution in [0.3, 0.4) is 0 Å². The fourth-order valence-corrected chi connectivity index (χ4v) is 2.07. The van der Waals surface area contributed by atoms with E-state index in [9.17, 15) is 4.79 Å². The summed E-state index contributed by atoms with van der Waals surface area (Å²) in [6.45, 7) is 4.76. The summed E-state index contributed by atoms with van der Waals surface area (Å²) in [5.41, 5.74) is 3.57. The maximum absolute atomic E-state index is 11.3. The molecule has 0 aliphatic rings. The van der Waals surface area contributed by atoms with Crippen LogP contribution in [0.1, 0.15) is 23.1 Å². The summed E-state index contributed by atoms with van der Waals surface area (Å²) >= 11 is 4.03. The van der Waals surface area contributed by atoms with Gasteiger partial charge in [0.1, 0.15) is 5.75 Å². The molecule has 1 aromatic carbocycles. The second-order valence-electron chi connectivity index (χ2n) is 4.32. The van der Waals surface area contributed by atoms with Gasteiger partial charge in [-0.15, -0.1) is 0 Å². The smallest absolute Gasteiger partial charge is 0.220 e. The minimum absolute atomic E-state index is 0.0629. The van der Waals surface area contributed by atoms with Crippen LogP contribution in [0.4, 0.5) is 0 Å². The van der Waals surface area contributed by atoms with E-state index in [4.69, 9.17) is 4.74 Å². The monoisotopic (exact) mass is 267 g/mol. The third kappa shape index (κ3) is 4.26. The Hall–Kier alpha value is -1.16. The van der Waals surface area contributed by atoms with E-state index in [0.29, 0.717) is 18.7 Å². The van der Waals surface area contributed by atoms with Crippen molar-refractivity contribution < 1.29 is 9.53 Å². The van der Waals surface area contributed by atoms with Crippen LogP contribution in [0, 0.1) is 13.8 Å². The summed E-state index contributed by atoms with van der Waals surface area (Å²) in [4.78, 5) is 11.3. The van der Waals surface area contributed by atoms with Crippen molar-refractivity contribution in [3.05, 3.63) is 28.8 Å². The first-order valence-electron chi connectivity index (χ1n) is 6.10. The zero-order chi connectivity index (χ0) is 13.5. The Balaban J connectivity index is 2.57. The summed E-state index contributed by atoms with van der Waals surface area (Å²) in [7, 11) is 1.68. The molecule has 0 bridgehead atoms. The number of ether oxygens (including phenoxy) is 1. The summed E-state index contributed by atoms with van der Waals surface area (Å²) < 4.78 is 5.28. The number of thiol groups is 1. The highest BCUT2D eigenvalue weighted by Crippen LogP contribution is 2.22. The lowest BCUT2D eigenvalue weighted by Crippen LogP contribution is -2.25. The van der Waals surface area contributed by atoms with Crippen LogP contribution in [0.5, 0.6) is 5.75 Å². The van der Waals surface area contributed by atoms with E-state index in [2.05, 4.69) is 30.9 Å². The average molecular weight is 267 g/mol. The second kappa shape index (κ2) is 7.31. The molecule has 0 aliphatic heterocycles. The third-order valence-electron chi connectivity index (χ3n) is 2.91. The molecule has 0 saturated carbocycles. The molecule has 0 aliphatic carbocycles. The van der Waals surface area contributed by atoms with Gasteiger partial charge in [-0.1, -0.05) is 6.07 Å². The van der Waals surface area contributed by atoms with Crippen LogP contribution in [0.25, 0.3) is 0 Å². The maximum atomic E-state index is 11.3. The molecule has 0 spiro atoms. The highest BCUT2D eigenvalue weighted by atomic mass is 32.1. The molecule has 1 N–H and O–H groups in total. The zero-order valence-corrected chi connectivity index (χ0v) is 12.1. The number of aryl methyl sites for hydroxylation is 2. The van der Waals surface area contributed by atoms with E-state index in [-0.39, 0.29) is 5.91 Å². The second-order valence-corrected chi connectivity index (χ2v) is 4.77. The summed E-state index contributed by atoms with van der Waals surface area (Å²) in [5.74, 6) is 1.57. The van der Waals surface area contributed by atoms with Gasteiger partial charge in [0.25, 0.3) is 0 Å². The van der Waals surface area contributed by atoms with Gasteiger partial charge >= 0.3 is 0 Å². The number of benzene rings is 1. The quantitative estimate of drug-likeness (QED) is 0.776. The first-order chi connectivity index (χ1) is 8.58. The Labute approximate surface area is 114 Å². The Kier molecular flexibility index (Phi) is 6.05. The van der Waals surface area contributed by atoms with Crippen LogP contribution in [-0.2, 0) is 11.2 Å². The molecule has 0 saturated heterocycles. The first kappa shape index (κ1) is 14.9. The van der Waals surface area contributed by atoms with Crippen LogP contribution >= 0.6 is 12.6 Å². The number of amides is 1. The minimum Gasteiger partial charge on any atom is -0.496 e. The molecule has 100 valence electrons. The van der Waals surface area contributed by atoms with Crippen LogP contribution < -0.4 is 10.1 Å². The maximum Gasteiger partial charge on any atom is 0.220 e. The lowest BCUT2D eigenvalue weighted by Gasteiger charge is -2.11. The molecule has 0 unspecified atom stereocenters. The molecule has 0 atom stereocenters. The fraction of sp³-hybridized carbons (Fsp3) is 0.500. The normalized spacial score (nSPS) is 10.2. The van der Waals surface area contributed by atoms with Crippen molar-refractivity contribution in [1.82, 2.24) is 5.32 Å². The molecule has 0 heterocycles. The largest absolute Gasteiger partial charge is 0.496 e. The lowest BCUT2D eigenvalue weighted by molar-refractivity contribution is -0.120. The van der Waals surface area contributed by atoms with E-state index < -0.39 is 0 Å². The van der Waals surface area contributed by atoms with Crippen LogP contribution in [0.15, 0.2) is 12.1 Å². The molecule has 0 radical (unpaired) electrons. The van der Waals surface area contributed by atoms with Gasteiger partial charge in [0.15, 0.2) is 0 Å². The Bertz CT molecular complexity index is 419. The predicted octanol–water partition coefficient (Wildman–Crippen LogP) is 2.29. The van der Waals surface area contributed by atoms with Gasteiger partial charge in [0.05, 0.1) is 7.11 Å². The van der Waals surface area contributed by atoms with Crippen LogP contribution in [0.2, 0.25) is 0 Å². The van der Waals surface area contributed by atoms with Crippen LogP contribution in [-0.4, -0.2) is 25.3 Å². The third-order valence-corrected chi connectivity index (χ3v) is 3.13. The van der Waals surface area contributed by atoms with E-state index in [1.54, 1.807) is 7.11 Å². The number of methoxy groups -OCH3 is 1. The Morgan fingerprint density at radius 3 is 2.67 bits per heavy atom. The van der Waals surface area contributed by atoms with Gasteiger partial charge in [-0.3, -0.25) is 4.79 Å². The van der Waals surface area contributed by atoms with Gasteiger partial charge < -0.3 is 10.1 Å². The molecule has 0 aromatic heterocycles. The van der Waals surface area contributed by atoms with Gasteiger partial charge in [-0.05, 0) is 48.8 Å². The number of rotatable bonds is 6. The highest BCUT2D eigenvalue weighted by Gasteiger charge is 2.05. The first-order valence-corrected chi connectivity index (χ1v) is 6.73. The molecule has 1 amide bonds. The molecule has 0 fully saturated rings. The van der Waals surface area contributed by atoms with Gasteiger partial charge in [-0.25, -0.2) is 0 Å². The van der Waals surface area contributed by atoms with Crippen molar-refractivity contribution in [3.8, 4) is 5.75 Å². The summed E-state index contributed by atoms with van der Waals surface area (Å²) in [6.07, 6.45) is 1.32. The molecular weight excluding hydrogens is 246 g/mol. The van der Waals surface area contributed by atoms with E-state index >= 15 is 0 Å². The number of carbonyl (C=O) groups excluding carboxylic acids is 1. The van der Waals surface area contributed by atoms with E-state index in [0.717, 1.165) is 17.7 Å². The van der Waals surface area contributed by atoms with Crippen molar-refractivity contribution in [2.75, 3.05) is 19.4 Å². The van der Waals surface area contributed by atoms with E-state index in [1.807, 2.05) is 13.0 Å². The van der Waals surface area contributed by atoms with Gasteiger partial charge in [0, 0.05) is 13.0 Å². The molecule has 18 heavy (non-hydrogen) atoms. The van der Waals surface area contributed by atoms with E-state index in [1.165, 1.54) is 11.1 Å². The summed E-state index contributed by atoms with van der Waals surface area (Å²) in [6, 6.07) is 4.17. The van der Waals surface area contributed by atoms with Crippen molar-refractivity contribution in [3.63, 3.8) is 0 Å². The standard InChI is InChI=1S/C14H21NO2S/c1-10-9-13(17-3)11(2)8-12(10)4-6-15-14(16)5-7-18/h8-9,18H,4-7H2,1-3H3,(H,15,16). The molecule has 1 rings (SSSR count). The summed E-state index contributed by atoms with van der Waals surface area (Å²) in [5, 5.41) is 2.89.